The second-order valence-corrected chi connectivity index (χ2v) is 7.49. The fourth-order valence-electron chi connectivity index (χ4n) is 3.70. The minimum absolute atomic E-state index is 0. The van der Waals surface area contributed by atoms with Crippen LogP contribution in [0.3, 0.4) is 0 Å². The smallest absolute Gasteiger partial charge is 0.387 e. The average Bonchev–Trinajstić information content (AvgIpc) is 3.17. The van der Waals surface area contributed by atoms with Crippen LogP contribution in [0.2, 0.25) is 0 Å². The monoisotopic (exact) mass is 541 g/mol. The predicted molar refractivity (Wildman–Crippen MR) is 125 cm³/mol. The number of nitrogens with one attached hydrogen (secondary N) is 2. The molecule has 9 heteroatoms. The number of hydrogen-bond acceptors (Lipinski definition) is 4. The maximum absolute atomic E-state index is 12.2. The Morgan fingerprint density at radius 3 is 2.43 bits per heavy atom. The summed E-state index contributed by atoms with van der Waals surface area (Å²) < 4.78 is 34.1. The van der Waals surface area contributed by atoms with Crippen molar-refractivity contribution in [1.82, 2.24) is 10.6 Å². The molecule has 0 bridgehead atoms. The van der Waals surface area contributed by atoms with Gasteiger partial charge in [0.05, 0.1) is 6.10 Å². The fraction of sp³-hybridized carbons (Fsp3) is 0.667. The molecule has 1 aliphatic rings. The number of aliphatic imine (C=N–C) groups is 1. The second kappa shape index (κ2) is 14.0. The van der Waals surface area contributed by atoms with Crippen LogP contribution in [-0.2, 0) is 4.74 Å². The summed E-state index contributed by atoms with van der Waals surface area (Å²) in [6.45, 7) is 1.56. The van der Waals surface area contributed by atoms with Gasteiger partial charge in [0.25, 0.3) is 0 Å². The summed E-state index contributed by atoms with van der Waals surface area (Å²) in [5.41, 5.74) is 0.805. The van der Waals surface area contributed by atoms with Crippen LogP contribution in [0.5, 0.6) is 5.75 Å². The first kappa shape index (κ1) is 26.8. The number of hydrogen-bond donors (Lipinski definition) is 3. The van der Waals surface area contributed by atoms with Crippen LogP contribution in [0.4, 0.5) is 8.78 Å². The fourth-order valence-corrected chi connectivity index (χ4v) is 3.70. The Kier molecular flexibility index (Phi) is 12.5. The third-order valence-corrected chi connectivity index (χ3v) is 5.37. The largest absolute Gasteiger partial charge is 0.435 e. The molecule has 6 nitrogen and oxygen atoms in total. The minimum atomic E-state index is -2.86. The molecule has 1 aromatic carbocycles. The van der Waals surface area contributed by atoms with Gasteiger partial charge in [0.2, 0.25) is 0 Å². The van der Waals surface area contributed by atoms with E-state index in [4.69, 9.17) is 9.73 Å². The first-order valence-corrected chi connectivity index (χ1v) is 10.2. The van der Waals surface area contributed by atoms with E-state index in [2.05, 4.69) is 15.4 Å². The number of nitrogens with zero attached hydrogens (tertiary/aromatic N) is 1. The van der Waals surface area contributed by atoms with Crippen molar-refractivity contribution in [2.24, 2.45) is 10.4 Å². The van der Waals surface area contributed by atoms with Crippen molar-refractivity contribution in [3.8, 4) is 5.75 Å². The predicted octanol–water partition coefficient (Wildman–Crippen LogP) is 4.09. The van der Waals surface area contributed by atoms with Crippen LogP contribution in [0.25, 0.3) is 0 Å². The van der Waals surface area contributed by atoms with Crippen molar-refractivity contribution < 1.29 is 23.4 Å². The summed E-state index contributed by atoms with van der Waals surface area (Å²) in [6.07, 6.45) is 4.99. The van der Waals surface area contributed by atoms with Gasteiger partial charge in [0.1, 0.15) is 5.75 Å². The zero-order chi connectivity index (χ0) is 21.1. The van der Waals surface area contributed by atoms with E-state index in [9.17, 15) is 13.9 Å². The maximum atomic E-state index is 12.2. The number of benzene rings is 1. The molecule has 1 saturated carbocycles. The highest BCUT2D eigenvalue weighted by Gasteiger charge is 2.33. The number of guanidine groups is 1. The summed E-state index contributed by atoms with van der Waals surface area (Å²) in [5.74, 6) is 0.727. The first-order chi connectivity index (χ1) is 14.0. The van der Waals surface area contributed by atoms with Crippen LogP contribution < -0.4 is 15.4 Å². The van der Waals surface area contributed by atoms with Gasteiger partial charge < -0.3 is 25.2 Å². The zero-order valence-electron chi connectivity index (χ0n) is 17.7. The van der Waals surface area contributed by atoms with Gasteiger partial charge in [0.15, 0.2) is 5.96 Å². The third-order valence-electron chi connectivity index (χ3n) is 5.37. The summed E-state index contributed by atoms with van der Waals surface area (Å²) in [5, 5.41) is 16.8. The van der Waals surface area contributed by atoms with Crippen LogP contribution in [0.1, 0.15) is 50.7 Å². The normalized spacial score (nSPS) is 16.8. The van der Waals surface area contributed by atoms with Crippen molar-refractivity contribution in [3.05, 3.63) is 29.8 Å². The van der Waals surface area contributed by atoms with Gasteiger partial charge in [0, 0.05) is 33.4 Å². The van der Waals surface area contributed by atoms with E-state index in [-0.39, 0.29) is 41.7 Å². The van der Waals surface area contributed by atoms with Crippen LogP contribution in [0, 0.1) is 5.41 Å². The van der Waals surface area contributed by atoms with E-state index in [0.717, 1.165) is 32.4 Å². The number of methoxy groups -OCH3 is 1. The van der Waals surface area contributed by atoms with Crippen molar-refractivity contribution >= 4 is 29.9 Å². The molecule has 0 amide bonds. The molecule has 1 fully saturated rings. The average molecular weight is 541 g/mol. The van der Waals surface area contributed by atoms with Gasteiger partial charge in [-0.15, -0.1) is 24.0 Å². The van der Waals surface area contributed by atoms with Crippen molar-refractivity contribution in [2.45, 2.75) is 51.7 Å². The molecule has 0 radical (unpaired) electrons. The zero-order valence-corrected chi connectivity index (χ0v) is 20.0. The van der Waals surface area contributed by atoms with Gasteiger partial charge in [-0.05, 0) is 49.3 Å². The molecule has 0 spiro atoms. The number of halogens is 3. The summed E-state index contributed by atoms with van der Waals surface area (Å²) in [4.78, 5) is 4.76. The highest BCUT2D eigenvalue weighted by atomic mass is 127. The van der Waals surface area contributed by atoms with Crippen molar-refractivity contribution in [1.29, 1.82) is 0 Å². The number of ether oxygens (including phenoxy) is 2. The molecule has 0 aromatic heterocycles. The quantitative estimate of drug-likeness (QED) is 0.224. The Labute approximate surface area is 194 Å². The van der Waals surface area contributed by atoms with Crippen LogP contribution >= 0.6 is 24.0 Å². The van der Waals surface area contributed by atoms with E-state index in [1.165, 1.54) is 25.0 Å². The van der Waals surface area contributed by atoms with E-state index in [0.29, 0.717) is 18.1 Å². The molecule has 0 heterocycles. The summed E-state index contributed by atoms with van der Waals surface area (Å²) in [6, 6.07) is 5.99. The topological polar surface area (TPSA) is 75.1 Å². The molecular formula is C21H34F2IN3O3. The van der Waals surface area contributed by atoms with E-state index >= 15 is 0 Å². The summed E-state index contributed by atoms with van der Waals surface area (Å²) in [7, 11) is 1.73. The first-order valence-electron chi connectivity index (χ1n) is 10.2. The highest BCUT2D eigenvalue weighted by Crippen LogP contribution is 2.41. The molecule has 1 atom stereocenters. The van der Waals surface area contributed by atoms with E-state index in [1.54, 1.807) is 19.2 Å². The number of aliphatic hydroxyl groups is 1. The Morgan fingerprint density at radius 2 is 1.87 bits per heavy atom. The standard InChI is InChI=1S/C21H33F2N3O3.HI/c1-3-24-20(26-15-21(12-13-28-2)10-4-5-11-21)25-14-18(27)16-6-8-17(9-7-16)29-19(22)23;/h6-9,18-19,27H,3-5,10-15H2,1-2H3,(H2,24,25,26);1H. The van der Waals surface area contributed by atoms with Gasteiger partial charge in [-0.3, -0.25) is 4.99 Å². The lowest BCUT2D eigenvalue weighted by molar-refractivity contribution is -0.0498. The number of alkyl halides is 2. The Bertz CT molecular complexity index is 626. The van der Waals surface area contributed by atoms with E-state index in [1.807, 2.05) is 6.92 Å². The van der Waals surface area contributed by atoms with E-state index < -0.39 is 12.7 Å². The van der Waals surface area contributed by atoms with Crippen LogP contribution in [0.15, 0.2) is 29.3 Å². The molecule has 1 unspecified atom stereocenters. The second-order valence-electron chi connectivity index (χ2n) is 7.49. The molecular weight excluding hydrogens is 507 g/mol. The number of aliphatic hydroxyl groups excluding tert-OH is 1. The molecule has 3 N–H and O–H groups in total. The van der Waals surface area contributed by atoms with Crippen molar-refractivity contribution in [3.63, 3.8) is 0 Å². The molecule has 0 saturated heterocycles. The van der Waals surface area contributed by atoms with Gasteiger partial charge in [-0.2, -0.15) is 8.78 Å². The van der Waals surface area contributed by atoms with Gasteiger partial charge in [-0.25, -0.2) is 0 Å². The maximum Gasteiger partial charge on any atom is 0.387 e. The molecule has 1 aromatic rings. The summed E-state index contributed by atoms with van der Waals surface area (Å²) >= 11 is 0. The van der Waals surface area contributed by atoms with Gasteiger partial charge >= 0.3 is 6.61 Å². The third kappa shape index (κ3) is 8.89. The van der Waals surface area contributed by atoms with Crippen LogP contribution in [-0.4, -0.2) is 51.0 Å². The molecule has 172 valence electrons. The minimum Gasteiger partial charge on any atom is -0.435 e. The molecule has 30 heavy (non-hydrogen) atoms. The molecule has 0 aliphatic heterocycles. The van der Waals surface area contributed by atoms with Crippen molar-refractivity contribution in [2.75, 3.05) is 33.4 Å². The van der Waals surface area contributed by atoms with Gasteiger partial charge in [-0.1, -0.05) is 25.0 Å². The lowest BCUT2D eigenvalue weighted by Crippen LogP contribution is -2.40. The highest BCUT2D eigenvalue weighted by molar-refractivity contribution is 14.0. The SMILES string of the molecule is CCNC(=NCC1(CCOC)CCCC1)NCC(O)c1ccc(OC(F)F)cc1.I. The number of rotatable bonds is 11. The lowest BCUT2D eigenvalue weighted by Gasteiger charge is -2.27. The Morgan fingerprint density at radius 1 is 1.20 bits per heavy atom. The molecule has 2 rings (SSSR count). The Hall–Kier alpha value is -1.20. The Balaban J connectivity index is 0.00000450. The lowest BCUT2D eigenvalue weighted by atomic mass is 9.83. The molecule has 1 aliphatic carbocycles.